The molecule has 1 saturated heterocycles. The number of anilines is 1. The maximum Gasteiger partial charge on any atom is 0.249 e. The number of carbonyl (C=O) groups is 2. The Labute approximate surface area is 166 Å². The van der Waals surface area contributed by atoms with Crippen LogP contribution in [0, 0.1) is 5.92 Å². The second-order valence-electron chi connectivity index (χ2n) is 7.26. The van der Waals surface area contributed by atoms with Crippen LogP contribution in [-0.2, 0) is 14.3 Å². The molecule has 1 aromatic rings. The van der Waals surface area contributed by atoms with Crippen molar-refractivity contribution in [3.8, 4) is 0 Å². The van der Waals surface area contributed by atoms with E-state index in [-0.39, 0.29) is 18.4 Å². The Kier molecular flexibility index (Phi) is 8.38. The zero-order chi connectivity index (χ0) is 19.8. The van der Waals surface area contributed by atoms with E-state index in [1.54, 1.807) is 11.8 Å². The Hall–Kier alpha value is -1.79. The van der Waals surface area contributed by atoms with E-state index >= 15 is 0 Å². The number of ether oxygens (including phenoxy) is 1. The first kappa shape index (κ1) is 21.5. The van der Waals surface area contributed by atoms with Gasteiger partial charge in [0.15, 0.2) is 0 Å². The predicted molar refractivity (Wildman–Crippen MR) is 108 cm³/mol. The van der Waals surface area contributed by atoms with E-state index in [0.717, 1.165) is 25.2 Å². The van der Waals surface area contributed by atoms with Crippen LogP contribution in [0.2, 0.25) is 5.02 Å². The fraction of sp³-hybridized carbons (Fsp3) is 0.600. The molecule has 7 heteroatoms. The fourth-order valence-electron chi connectivity index (χ4n) is 2.84. The normalized spacial score (nSPS) is 15.7. The summed E-state index contributed by atoms with van der Waals surface area (Å²) in [6, 6.07) is 7.71. The topological polar surface area (TPSA) is 61.9 Å². The standard InChI is InChI=1S/C20H30ClN3O3/c1-15(2)8-13-27-16(3)20(26)22-14-19(25)24-11-9-23(10-12-24)18-6-4-17(21)5-7-18/h4-7,15-16H,8-14H2,1-3H3,(H,22,26). The van der Waals surface area contributed by atoms with Crippen LogP contribution in [0.25, 0.3) is 0 Å². The van der Waals surface area contributed by atoms with Crippen molar-refractivity contribution >= 4 is 29.1 Å². The third-order valence-electron chi connectivity index (χ3n) is 4.67. The average Bonchev–Trinajstić information content (AvgIpc) is 2.66. The van der Waals surface area contributed by atoms with Gasteiger partial charge in [-0.1, -0.05) is 25.4 Å². The molecule has 1 unspecified atom stereocenters. The molecule has 6 nitrogen and oxygen atoms in total. The number of nitrogens with one attached hydrogen (secondary N) is 1. The maximum absolute atomic E-state index is 12.4. The molecule has 0 spiro atoms. The number of carbonyl (C=O) groups excluding carboxylic acids is 2. The van der Waals surface area contributed by atoms with Crippen molar-refractivity contribution in [3.63, 3.8) is 0 Å². The largest absolute Gasteiger partial charge is 0.369 e. The smallest absolute Gasteiger partial charge is 0.249 e. The van der Waals surface area contributed by atoms with Gasteiger partial charge in [0.1, 0.15) is 6.10 Å². The maximum atomic E-state index is 12.4. The van der Waals surface area contributed by atoms with Crippen LogP contribution < -0.4 is 10.2 Å². The summed E-state index contributed by atoms with van der Waals surface area (Å²) in [5, 5.41) is 3.40. The lowest BCUT2D eigenvalue weighted by Gasteiger charge is -2.36. The van der Waals surface area contributed by atoms with Gasteiger partial charge >= 0.3 is 0 Å². The van der Waals surface area contributed by atoms with Gasteiger partial charge in [0.25, 0.3) is 0 Å². The number of rotatable bonds is 8. The van der Waals surface area contributed by atoms with Crippen LogP contribution in [-0.4, -0.2) is 62.1 Å². The van der Waals surface area contributed by atoms with E-state index < -0.39 is 6.10 Å². The van der Waals surface area contributed by atoms with E-state index in [4.69, 9.17) is 16.3 Å². The summed E-state index contributed by atoms with van der Waals surface area (Å²) in [5.41, 5.74) is 1.10. The molecular formula is C20H30ClN3O3. The van der Waals surface area contributed by atoms with Crippen LogP contribution in [0.4, 0.5) is 5.69 Å². The third-order valence-corrected chi connectivity index (χ3v) is 4.92. The van der Waals surface area contributed by atoms with Crippen LogP contribution in [0.1, 0.15) is 27.2 Å². The minimum absolute atomic E-state index is 0.0116. The first-order chi connectivity index (χ1) is 12.9. The molecule has 2 amide bonds. The van der Waals surface area contributed by atoms with Crippen LogP contribution in [0.5, 0.6) is 0 Å². The molecule has 27 heavy (non-hydrogen) atoms. The molecule has 1 aliphatic heterocycles. The first-order valence-corrected chi connectivity index (χ1v) is 9.92. The highest BCUT2D eigenvalue weighted by atomic mass is 35.5. The quantitative estimate of drug-likeness (QED) is 0.734. The van der Waals surface area contributed by atoms with Gasteiger partial charge in [-0.25, -0.2) is 0 Å². The van der Waals surface area contributed by atoms with Gasteiger partial charge in [-0.05, 0) is 43.5 Å². The summed E-state index contributed by atoms with van der Waals surface area (Å²) >= 11 is 5.92. The zero-order valence-corrected chi connectivity index (χ0v) is 17.2. The number of amides is 2. The monoisotopic (exact) mass is 395 g/mol. The summed E-state index contributed by atoms with van der Waals surface area (Å²) in [6.07, 6.45) is 0.368. The van der Waals surface area contributed by atoms with Crippen molar-refractivity contribution in [2.75, 3.05) is 44.2 Å². The predicted octanol–water partition coefficient (Wildman–Crippen LogP) is 2.56. The number of hydrogen-bond acceptors (Lipinski definition) is 4. The van der Waals surface area contributed by atoms with Gasteiger partial charge in [-0.3, -0.25) is 9.59 Å². The number of nitrogens with zero attached hydrogens (tertiary/aromatic N) is 2. The molecule has 0 aromatic heterocycles. The van der Waals surface area contributed by atoms with Crippen molar-refractivity contribution < 1.29 is 14.3 Å². The molecular weight excluding hydrogens is 366 g/mol. The summed E-state index contributed by atoms with van der Waals surface area (Å²) in [6.45, 7) is 9.29. The van der Waals surface area contributed by atoms with Crippen molar-refractivity contribution in [3.05, 3.63) is 29.3 Å². The van der Waals surface area contributed by atoms with Crippen molar-refractivity contribution in [1.29, 1.82) is 0 Å². The Balaban J connectivity index is 1.69. The molecule has 1 heterocycles. The fourth-order valence-corrected chi connectivity index (χ4v) is 2.97. The molecule has 1 atom stereocenters. The first-order valence-electron chi connectivity index (χ1n) is 9.54. The summed E-state index contributed by atoms with van der Waals surface area (Å²) < 4.78 is 5.51. The molecule has 2 rings (SSSR count). The van der Waals surface area contributed by atoms with E-state index in [1.807, 2.05) is 24.3 Å². The molecule has 1 aromatic carbocycles. The highest BCUT2D eigenvalue weighted by molar-refractivity contribution is 6.30. The molecule has 0 saturated carbocycles. The zero-order valence-electron chi connectivity index (χ0n) is 16.4. The van der Waals surface area contributed by atoms with Crippen LogP contribution in [0.3, 0.4) is 0 Å². The van der Waals surface area contributed by atoms with Gasteiger partial charge in [-0.2, -0.15) is 0 Å². The van der Waals surface area contributed by atoms with Crippen LogP contribution >= 0.6 is 11.6 Å². The molecule has 150 valence electrons. The SMILES string of the molecule is CC(C)CCOC(C)C(=O)NCC(=O)N1CCN(c2ccc(Cl)cc2)CC1. The van der Waals surface area contributed by atoms with Gasteiger partial charge in [-0.15, -0.1) is 0 Å². The molecule has 0 bridgehead atoms. The Morgan fingerprint density at radius 2 is 1.74 bits per heavy atom. The van der Waals surface area contributed by atoms with Gasteiger partial charge in [0, 0.05) is 43.5 Å². The van der Waals surface area contributed by atoms with Crippen molar-refractivity contribution in [2.24, 2.45) is 5.92 Å². The lowest BCUT2D eigenvalue weighted by atomic mass is 10.1. The minimum atomic E-state index is -0.543. The van der Waals surface area contributed by atoms with E-state index in [2.05, 4.69) is 24.1 Å². The average molecular weight is 396 g/mol. The van der Waals surface area contributed by atoms with Crippen molar-refractivity contribution in [2.45, 2.75) is 33.3 Å². The minimum Gasteiger partial charge on any atom is -0.369 e. The third kappa shape index (κ3) is 7.03. The number of halogens is 1. The second-order valence-corrected chi connectivity index (χ2v) is 7.69. The molecule has 1 aliphatic rings. The number of hydrogen-bond donors (Lipinski definition) is 1. The van der Waals surface area contributed by atoms with E-state index in [0.29, 0.717) is 30.6 Å². The molecule has 0 aliphatic carbocycles. The Morgan fingerprint density at radius 3 is 2.33 bits per heavy atom. The van der Waals surface area contributed by atoms with E-state index in [9.17, 15) is 9.59 Å². The van der Waals surface area contributed by atoms with Gasteiger partial charge in [0.2, 0.25) is 11.8 Å². The van der Waals surface area contributed by atoms with Gasteiger partial charge < -0.3 is 19.9 Å². The van der Waals surface area contributed by atoms with Crippen molar-refractivity contribution in [1.82, 2.24) is 10.2 Å². The highest BCUT2D eigenvalue weighted by Gasteiger charge is 2.22. The summed E-state index contributed by atoms with van der Waals surface area (Å²) in [5.74, 6) is 0.230. The molecule has 1 fully saturated rings. The Morgan fingerprint density at radius 1 is 1.11 bits per heavy atom. The lowest BCUT2D eigenvalue weighted by molar-refractivity contribution is -0.137. The number of piperazine rings is 1. The number of benzene rings is 1. The highest BCUT2D eigenvalue weighted by Crippen LogP contribution is 2.19. The summed E-state index contributed by atoms with van der Waals surface area (Å²) in [7, 11) is 0. The second kappa shape index (κ2) is 10.5. The van der Waals surface area contributed by atoms with E-state index in [1.165, 1.54) is 0 Å². The Bertz CT molecular complexity index is 613. The lowest BCUT2D eigenvalue weighted by Crippen LogP contribution is -2.51. The summed E-state index contributed by atoms with van der Waals surface area (Å²) in [4.78, 5) is 28.4. The van der Waals surface area contributed by atoms with Crippen LogP contribution in [0.15, 0.2) is 24.3 Å². The molecule has 1 N–H and O–H groups in total. The molecule has 0 radical (unpaired) electrons. The van der Waals surface area contributed by atoms with Gasteiger partial charge in [0.05, 0.1) is 6.54 Å².